The number of H-pyrrole nitrogens is 1. The van der Waals surface area contributed by atoms with Crippen LogP contribution in [0.2, 0.25) is 0 Å². The summed E-state index contributed by atoms with van der Waals surface area (Å²) in [6, 6.07) is 7.42. The largest absolute Gasteiger partial charge is 0.463 e. The van der Waals surface area contributed by atoms with Crippen molar-refractivity contribution in [1.82, 2.24) is 10.3 Å². The van der Waals surface area contributed by atoms with Crippen molar-refractivity contribution in [2.24, 2.45) is 0 Å². The van der Waals surface area contributed by atoms with Crippen molar-refractivity contribution in [2.75, 3.05) is 0 Å². The van der Waals surface area contributed by atoms with Crippen molar-refractivity contribution >= 4 is 16.9 Å². The molecule has 0 aliphatic carbocycles. The molecular formula is C21H24N2O3. The molecule has 0 aliphatic rings. The second-order valence-corrected chi connectivity index (χ2v) is 7.84. The number of aromatic nitrogens is 1. The molecule has 0 spiro atoms. The van der Waals surface area contributed by atoms with Crippen LogP contribution in [0.15, 0.2) is 45.9 Å². The normalized spacial score (nSPS) is 11.9. The van der Waals surface area contributed by atoms with E-state index in [-0.39, 0.29) is 22.9 Å². The van der Waals surface area contributed by atoms with Gasteiger partial charge in [-0.25, -0.2) is 0 Å². The number of aromatic amines is 1. The average Bonchev–Trinajstić information content (AvgIpc) is 2.96. The molecule has 0 saturated heterocycles. The fraction of sp³-hybridized carbons (Fsp3) is 0.333. The number of carbonyl (C=O) groups is 1. The molecule has 0 fully saturated rings. The Morgan fingerprint density at radius 2 is 1.96 bits per heavy atom. The first-order valence-electron chi connectivity index (χ1n) is 8.73. The number of furan rings is 1. The number of hydrogen-bond acceptors (Lipinski definition) is 3. The number of carbonyl (C=O) groups excluding carboxylic acids is 1. The van der Waals surface area contributed by atoms with E-state index in [9.17, 15) is 9.59 Å². The lowest BCUT2D eigenvalue weighted by molar-refractivity contribution is 0.0944. The summed E-state index contributed by atoms with van der Waals surface area (Å²) in [6.07, 6.45) is 3.10. The molecular weight excluding hydrogens is 328 g/mol. The Morgan fingerprint density at radius 1 is 1.23 bits per heavy atom. The summed E-state index contributed by atoms with van der Waals surface area (Å²) in [5, 5.41) is 3.62. The second kappa shape index (κ2) is 6.48. The molecule has 5 heteroatoms. The second-order valence-electron chi connectivity index (χ2n) is 7.84. The van der Waals surface area contributed by atoms with Crippen molar-refractivity contribution in [2.45, 2.75) is 46.1 Å². The van der Waals surface area contributed by atoms with Crippen LogP contribution in [-0.2, 0) is 5.41 Å². The summed E-state index contributed by atoms with van der Waals surface area (Å²) >= 11 is 0. The number of rotatable bonds is 3. The zero-order valence-corrected chi connectivity index (χ0v) is 15.8. The molecule has 3 aromatic rings. The highest BCUT2D eigenvalue weighted by Crippen LogP contribution is 2.36. The quantitative estimate of drug-likeness (QED) is 0.741. The van der Waals surface area contributed by atoms with Crippen molar-refractivity contribution in [3.8, 4) is 11.1 Å². The van der Waals surface area contributed by atoms with E-state index in [4.69, 9.17) is 4.42 Å². The Morgan fingerprint density at radius 3 is 2.58 bits per heavy atom. The van der Waals surface area contributed by atoms with Crippen LogP contribution in [0.25, 0.3) is 22.1 Å². The average molecular weight is 352 g/mol. The third kappa shape index (κ3) is 3.29. The Hall–Kier alpha value is -2.82. The van der Waals surface area contributed by atoms with Crippen LogP contribution in [0.4, 0.5) is 0 Å². The maximum atomic E-state index is 12.6. The first kappa shape index (κ1) is 18.0. The van der Waals surface area contributed by atoms with Gasteiger partial charge in [0.25, 0.3) is 11.5 Å². The van der Waals surface area contributed by atoms with E-state index in [2.05, 4.69) is 31.1 Å². The zero-order chi connectivity index (χ0) is 19.1. The van der Waals surface area contributed by atoms with Crippen molar-refractivity contribution < 1.29 is 9.21 Å². The maximum absolute atomic E-state index is 12.6. The van der Waals surface area contributed by atoms with Gasteiger partial charge in [0.15, 0.2) is 0 Å². The van der Waals surface area contributed by atoms with Gasteiger partial charge in [-0.15, -0.1) is 0 Å². The summed E-state index contributed by atoms with van der Waals surface area (Å²) in [4.78, 5) is 27.5. The fourth-order valence-electron chi connectivity index (χ4n) is 3.01. The lowest BCUT2D eigenvalue weighted by Gasteiger charge is -2.20. The van der Waals surface area contributed by atoms with Gasteiger partial charge in [0.2, 0.25) is 0 Å². The summed E-state index contributed by atoms with van der Waals surface area (Å²) in [7, 11) is 0. The van der Waals surface area contributed by atoms with Gasteiger partial charge in [-0.2, -0.15) is 0 Å². The van der Waals surface area contributed by atoms with Crippen molar-refractivity contribution in [3.05, 3.63) is 58.2 Å². The van der Waals surface area contributed by atoms with Crippen molar-refractivity contribution in [1.29, 1.82) is 0 Å². The molecule has 3 rings (SSSR count). The lowest BCUT2D eigenvalue weighted by Crippen LogP contribution is -2.29. The summed E-state index contributed by atoms with van der Waals surface area (Å²) in [5.41, 5.74) is 3.08. The minimum Gasteiger partial charge on any atom is -0.463 e. The van der Waals surface area contributed by atoms with E-state index < -0.39 is 0 Å². The summed E-state index contributed by atoms with van der Waals surface area (Å²) in [6.45, 7) is 10.1. The highest BCUT2D eigenvalue weighted by Gasteiger charge is 2.24. The van der Waals surface area contributed by atoms with E-state index in [1.165, 1.54) is 6.26 Å². The Labute approximate surface area is 152 Å². The summed E-state index contributed by atoms with van der Waals surface area (Å²) < 4.78 is 5.78. The van der Waals surface area contributed by atoms with Crippen LogP contribution in [-0.4, -0.2) is 16.9 Å². The molecule has 0 saturated carbocycles. The first-order valence-corrected chi connectivity index (χ1v) is 8.73. The SMILES string of the molecule is CC(C)NC(=O)c1coc2c(C(C)(C)C)cc(-c3ccc[nH]c3=O)cc12. The highest BCUT2D eigenvalue weighted by atomic mass is 16.3. The lowest BCUT2D eigenvalue weighted by atomic mass is 9.84. The number of benzene rings is 1. The number of fused-ring (bicyclic) bond motifs is 1. The molecule has 2 N–H and O–H groups in total. The van der Waals surface area contributed by atoms with Gasteiger partial charge in [-0.1, -0.05) is 20.8 Å². The first-order chi connectivity index (χ1) is 12.2. The van der Waals surface area contributed by atoms with Crippen molar-refractivity contribution in [3.63, 3.8) is 0 Å². The molecule has 2 aromatic heterocycles. The van der Waals surface area contributed by atoms with E-state index in [0.717, 1.165) is 11.1 Å². The van der Waals surface area contributed by atoms with E-state index in [0.29, 0.717) is 22.1 Å². The fourth-order valence-corrected chi connectivity index (χ4v) is 3.01. The molecule has 5 nitrogen and oxygen atoms in total. The van der Waals surface area contributed by atoms with E-state index in [1.807, 2.05) is 26.0 Å². The molecule has 0 atom stereocenters. The third-order valence-corrected chi connectivity index (χ3v) is 4.28. The van der Waals surface area contributed by atoms with Crippen LogP contribution in [0.5, 0.6) is 0 Å². The zero-order valence-electron chi connectivity index (χ0n) is 15.8. The molecule has 2 heterocycles. The van der Waals surface area contributed by atoms with E-state index >= 15 is 0 Å². The van der Waals surface area contributed by atoms with Gasteiger partial charge in [0, 0.05) is 28.8 Å². The number of nitrogens with one attached hydrogen (secondary N) is 2. The molecule has 0 aliphatic heterocycles. The van der Waals surface area contributed by atoms with Crippen LogP contribution < -0.4 is 10.9 Å². The van der Waals surface area contributed by atoms with Crippen LogP contribution in [0.1, 0.15) is 50.5 Å². The molecule has 1 aromatic carbocycles. The topological polar surface area (TPSA) is 75.1 Å². The van der Waals surface area contributed by atoms with Crippen LogP contribution in [0, 0.1) is 0 Å². The van der Waals surface area contributed by atoms with Crippen LogP contribution >= 0.6 is 0 Å². The summed E-state index contributed by atoms with van der Waals surface area (Å²) in [5.74, 6) is -0.183. The minimum absolute atomic E-state index is 0.0229. The smallest absolute Gasteiger partial charge is 0.255 e. The maximum Gasteiger partial charge on any atom is 0.255 e. The minimum atomic E-state index is -0.209. The molecule has 0 radical (unpaired) electrons. The Kier molecular flexibility index (Phi) is 4.48. The monoisotopic (exact) mass is 352 g/mol. The van der Waals surface area contributed by atoms with Gasteiger partial charge in [-0.05, 0) is 49.1 Å². The molecule has 0 bridgehead atoms. The highest BCUT2D eigenvalue weighted by molar-refractivity contribution is 6.07. The predicted octanol–water partition coefficient (Wildman–Crippen LogP) is 4.22. The predicted molar refractivity (Wildman–Crippen MR) is 104 cm³/mol. The number of pyridine rings is 1. The van der Waals surface area contributed by atoms with Gasteiger partial charge >= 0.3 is 0 Å². The molecule has 26 heavy (non-hydrogen) atoms. The number of hydrogen-bond donors (Lipinski definition) is 2. The van der Waals surface area contributed by atoms with Gasteiger partial charge in [0.1, 0.15) is 11.8 Å². The Bertz CT molecular complexity index is 1020. The Balaban J connectivity index is 2.30. The number of amides is 1. The molecule has 1 amide bonds. The van der Waals surface area contributed by atoms with Crippen LogP contribution in [0.3, 0.4) is 0 Å². The molecule has 0 unspecified atom stereocenters. The van der Waals surface area contributed by atoms with E-state index in [1.54, 1.807) is 18.3 Å². The third-order valence-electron chi connectivity index (χ3n) is 4.28. The standard InChI is InChI=1S/C21H24N2O3/c1-12(2)23-20(25)16-11-26-18-15(16)9-13(10-17(18)21(3,4)5)14-7-6-8-22-19(14)24/h6-12H,1-5H3,(H,22,24)(H,23,25). The van der Waals surface area contributed by atoms with Gasteiger partial charge < -0.3 is 14.7 Å². The molecule has 136 valence electrons. The van der Waals surface area contributed by atoms with Gasteiger partial charge in [0.05, 0.1) is 5.56 Å². The van der Waals surface area contributed by atoms with Gasteiger partial charge in [-0.3, -0.25) is 9.59 Å².